The zero-order valence-electron chi connectivity index (χ0n) is 10.4. The normalized spacial score (nSPS) is 13.0. The largest absolute Gasteiger partial charge is 0.462 e. The molecule has 0 aliphatic heterocycles. The Morgan fingerprint density at radius 1 is 1.33 bits per heavy atom. The van der Waals surface area contributed by atoms with Gasteiger partial charge in [0.05, 0.1) is 11.0 Å². The van der Waals surface area contributed by atoms with Crippen molar-refractivity contribution in [1.82, 2.24) is 4.72 Å². The topological polar surface area (TPSA) is 72.5 Å². The van der Waals surface area contributed by atoms with Crippen LogP contribution in [-0.2, 0) is 19.6 Å². The number of nitrogens with one attached hydrogen (secondary N) is 1. The molecule has 1 aromatic carbocycles. The molecule has 1 N–H and O–H groups in total. The van der Waals surface area contributed by atoms with Crippen molar-refractivity contribution in [3.05, 3.63) is 30.3 Å². The molecule has 0 bridgehead atoms. The highest BCUT2D eigenvalue weighted by Crippen LogP contribution is 2.06. The first-order valence-electron chi connectivity index (χ1n) is 5.70. The molecule has 0 saturated heterocycles. The Hall–Kier alpha value is -1.40. The van der Waals surface area contributed by atoms with Crippen molar-refractivity contribution in [2.75, 3.05) is 6.54 Å². The Kier molecular flexibility index (Phi) is 5.30. The van der Waals surface area contributed by atoms with Crippen LogP contribution in [0.3, 0.4) is 0 Å². The van der Waals surface area contributed by atoms with Crippen LogP contribution < -0.4 is 4.72 Å². The second-order valence-electron chi connectivity index (χ2n) is 3.85. The number of rotatable bonds is 6. The molecule has 0 aromatic heterocycles. The molecule has 1 rings (SSSR count). The van der Waals surface area contributed by atoms with E-state index >= 15 is 0 Å². The summed E-state index contributed by atoms with van der Waals surface area (Å²) in [5, 5.41) is 0. The lowest BCUT2D eigenvalue weighted by atomic mass is 10.3. The molecule has 100 valence electrons. The molecule has 18 heavy (non-hydrogen) atoms. The van der Waals surface area contributed by atoms with Crippen LogP contribution in [0.2, 0.25) is 0 Å². The molecule has 0 aliphatic carbocycles. The van der Waals surface area contributed by atoms with E-state index in [1.54, 1.807) is 25.1 Å². The molecule has 0 unspecified atom stereocenters. The van der Waals surface area contributed by atoms with E-state index in [1.165, 1.54) is 12.1 Å². The van der Waals surface area contributed by atoms with E-state index in [2.05, 4.69) is 4.72 Å². The van der Waals surface area contributed by atoms with Crippen LogP contribution in [0.5, 0.6) is 0 Å². The summed E-state index contributed by atoms with van der Waals surface area (Å²) in [6, 6.07) is 7.87. The molecule has 1 aromatic rings. The summed E-state index contributed by atoms with van der Waals surface area (Å²) in [4.78, 5) is 11.5. The van der Waals surface area contributed by atoms with Gasteiger partial charge in [-0.25, -0.2) is 8.42 Å². The van der Waals surface area contributed by atoms with Gasteiger partial charge >= 0.3 is 5.97 Å². The van der Waals surface area contributed by atoms with E-state index in [4.69, 9.17) is 4.74 Å². The van der Waals surface area contributed by atoms with E-state index in [0.29, 0.717) is 6.42 Å². The van der Waals surface area contributed by atoms with Gasteiger partial charge in [0.2, 0.25) is 10.0 Å². The predicted molar refractivity (Wildman–Crippen MR) is 67.5 cm³/mol. The van der Waals surface area contributed by atoms with Crippen LogP contribution in [0, 0.1) is 0 Å². The van der Waals surface area contributed by atoms with Gasteiger partial charge in [-0.05, 0) is 25.5 Å². The lowest BCUT2D eigenvalue weighted by Crippen LogP contribution is -2.32. The summed E-state index contributed by atoms with van der Waals surface area (Å²) in [6.45, 7) is 3.28. The summed E-state index contributed by atoms with van der Waals surface area (Å²) < 4.78 is 30.7. The van der Waals surface area contributed by atoms with Crippen LogP contribution in [0.1, 0.15) is 20.3 Å². The summed E-state index contributed by atoms with van der Waals surface area (Å²) >= 11 is 0. The van der Waals surface area contributed by atoms with Crippen LogP contribution in [0.15, 0.2) is 35.2 Å². The zero-order chi connectivity index (χ0) is 13.6. The van der Waals surface area contributed by atoms with Crippen molar-refractivity contribution >= 4 is 16.0 Å². The molecule has 0 fully saturated rings. The lowest BCUT2D eigenvalue weighted by Gasteiger charge is -2.11. The van der Waals surface area contributed by atoms with Gasteiger partial charge in [-0.1, -0.05) is 25.1 Å². The summed E-state index contributed by atoms with van der Waals surface area (Å²) in [5.41, 5.74) is 0. The monoisotopic (exact) mass is 271 g/mol. The minimum atomic E-state index is -3.65. The van der Waals surface area contributed by atoms with E-state index in [-0.39, 0.29) is 17.5 Å². The maximum Gasteiger partial charge on any atom is 0.321 e. The smallest absolute Gasteiger partial charge is 0.321 e. The molecule has 0 aliphatic rings. The Morgan fingerprint density at radius 2 is 1.94 bits per heavy atom. The van der Waals surface area contributed by atoms with Crippen LogP contribution in [0.4, 0.5) is 0 Å². The molecule has 0 saturated carbocycles. The van der Waals surface area contributed by atoms with Crippen molar-refractivity contribution in [3.63, 3.8) is 0 Å². The molecule has 1 atom stereocenters. The maximum atomic E-state index is 11.8. The van der Waals surface area contributed by atoms with Gasteiger partial charge in [0.25, 0.3) is 0 Å². The number of carbonyl (C=O) groups is 1. The van der Waals surface area contributed by atoms with Crippen LogP contribution in [0.25, 0.3) is 0 Å². The molecule has 0 heterocycles. The first kappa shape index (κ1) is 14.7. The van der Waals surface area contributed by atoms with E-state index < -0.39 is 16.0 Å². The Bertz CT molecular complexity index is 484. The highest BCUT2D eigenvalue weighted by atomic mass is 32.2. The highest BCUT2D eigenvalue weighted by Gasteiger charge is 2.16. The molecule has 0 amide bonds. The van der Waals surface area contributed by atoms with Crippen molar-refractivity contribution in [2.24, 2.45) is 0 Å². The predicted octanol–water partition coefficient (Wildman–Crippen LogP) is 1.31. The lowest BCUT2D eigenvalue weighted by molar-refractivity contribution is -0.146. The summed E-state index contributed by atoms with van der Waals surface area (Å²) in [5.74, 6) is -0.580. The zero-order valence-corrected chi connectivity index (χ0v) is 11.2. The SMILES string of the molecule is CC[C@H](C)OC(=O)CNS(=O)(=O)c1ccccc1. The Morgan fingerprint density at radius 3 is 2.50 bits per heavy atom. The van der Waals surface area contributed by atoms with Gasteiger partial charge in [0.15, 0.2) is 0 Å². The van der Waals surface area contributed by atoms with Crippen molar-refractivity contribution in [2.45, 2.75) is 31.3 Å². The van der Waals surface area contributed by atoms with Crippen molar-refractivity contribution < 1.29 is 17.9 Å². The van der Waals surface area contributed by atoms with Gasteiger partial charge in [-0.2, -0.15) is 4.72 Å². The van der Waals surface area contributed by atoms with Gasteiger partial charge < -0.3 is 4.74 Å². The second kappa shape index (κ2) is 6.51. The molecule has 0 spiro atoms. The number of hydrogen-bond acceptors (Lipinski definition) is 4. The second-order valence-corrected chi connectivity index (χ2v) is 5.61. The van der Waals surface area contributed by atoms with Gasteiger partial charge in [0, 0.05) is 0 Å². The molecule has 5 nitrogen and oxygen atoms in total. The summed E-state index contributed by atoms with van der Waals surface area (Å²) in [6.07, 6.45) is 0.482. The number of ether oxygens (including phenoxy) is 1. The fourth-order valence-corrected chi connectivity index (χ4v) is 2.18. The number of hydrogen-bond donors (Lipinski definition) is 1. The average Bonchev–Trinajstić information content (AvgIpc) is 2.37. The molecule has 0 radical (unpaired) electrons. The highest BCUT2D eigenvalue weighted by molar-refractivity contribution is 7.89. The Labute approximate surface area is 107 Å². The van der Waals surface area contributed by atoms with E-state index in [1.807, 2.05) is 6.92 Å². The number of esters is 1. The third kappa shape index (κ3) is 4.46. The number of sulfonamides is 1. The number of benzene rings is 1. The van der Waals surface area contributed by atoms with Crippen molar-refractivity contribution in [3.8, 4) is 0 Å². The van der Waals surface area contributed by atoms with Crippen LogP contribution >= 0.6 is 0 Å². The standard InChI is InChI=1S/C12H17NO4S/c1-3-10(2)17-12(14)9-13-18(15,16)11-7-5-4-6-8-11/h4-8,10,13H,3,9H2,1-2H3/t10-/m0/s1. The Balaban J connectivity index is 2.56. The molecular formula is C12H17NO4S. The molecular weight excluding hydrogens is 254 g/mol. The summed E-state index contributed by atoms with van der Waals surface area (Å²) in [7, 11) is -3.65. The van der Waals surface area contributed by atoms with Gasteiger partial charge in [-0.3, -0.25) is 4.79 Å². The van der Waals surface area contributed by atoms with Gasteiger partial charge in [-0.15, -0.1) is 0 Å². The average molecular weight is 271 g/mol. The quantitative estimate of drug-likeness (QED) is 0.792. The fourth-order valence-electron chi connectivity index (χ4n) is 1.19. The number of carbonyl (C=O) groups excluding carboxylic acids is 1. The first-order chi connectivity index (χ1) is 8.45. The third-order valence-electron chi connectivity index (χ3n) is 2.37. The third-order valence-corrected chi connectivity index (χ3v) is 3.78. The van der Waals surface area contributed by atoms with Gasteiger partial charge in [0.1, 0.15) is 6.54 Å². The van der Waals surface area contributed by atoms with E-state index in [0.717, 1.165) is 0 Å². The minimum absolute atomic E-state index is 0.126. The fraction of sp³-hybridized carbons (Fsp3) is 0.417. The van der Waals surface area contributed by atoms with Crippen LogP contribution in [-0.4, -0.2) is 27.0 Å². The van der Waals surface area contributed by atoms with Crippen molar-refractivity contribution in [1.29, 1.82) is 0 Å². The van der Waals surface area contributed by atoms with E-state index in [9.17, 15) is 13.2 Å². The first-order valence-corrected chi connectivity index (χ1v) is 7.18. The minimum Gasteiger partial charge on any atom is -0.462 e. The maximum absolute atomic E-state index is 11.8. The molecule has 6 heteroatoms.